The Kier molecular flexibility index (Phi) is 7.20. The van der Waals surface area contributed by atoms with Gasteiger partial charge >= 0.3 is 0 Å². The van der Waals surface area contributed by atoms with Crippen LogP contribution in [0.1, 0.15) is 20.3 Å². The van der Waals surface area contributed by atoms with Gasteiger partial charge in [-0.25, -0.2) is 0 Å². The summed E-state index contributed by atoms with van der Waals surface area (Å²) < 4.78 is 0. The van der Waals surface area contributed by atoms with Crippen molar-refractivity contribution in [2.24, 2.45) is 11.7 Å². The lowest BCUT2D eigenvalue weighted by Gasteiger charge is -2.11. The van der Waals surface area contributed by atoms with Gasteiger partial charge in [0.1, 0.15) is 0 Å². The molecule has 0 fully saturated rings. The molecule has 16 heavy (non-hydrogen) atoms. The second-order valence-electron chi connectivity index (χ2n) is 4.05. The molecule has 0 aromatic heterocycles. The average Bonchev–Trinajstić information content (AvgIpc) is 2.23. The van der Waals surface area contributed by atoms with Gasteiger partial charge in [0.25, 0.3) is 0 Å². The normalized spacial score (nSPS) is 12.0. The van der Waals surface area contributed by atoms with Crippen LogP contribution >= 0.6 is 0 Å². The molecule has 0 heterocycles. The van der Waals surface area contributed by atoms with Crippen LogP contribution in [0.4, 0.5) is 0 Å². The Labute approximate surface area is 96.5 Å². The molecule has 1 unspecified atom stereocenters. The highest BCUT2D eigenvalue weighted by atomic mass is 16.2. The van der Waals surface area contributed by atoms with Gasteiger partial charge in [0.15, 0.2) is 0 Å². The van der Waals surface area contributed by atoms with Crippen molar-refractivity contribution in [3.8, 4) is 0 Å². The van der Waals surface area contributed by atoms with Gasteiger partial charge in [0, 0.05) is 6.54 Å². The summed E-state index contributed by atoms with van der Waals surface area (Å²) in [5, 5.41) is 5.16. The van der Waals surface area contributed by atoms with Gasteiger partial charge in [-0.3, -0.25) is 9.59 Å². The van der Waals surface area contributed by atoms with E-state index in [1.165, 1.54) is 0 Å². The SMILES string of the molecule is C=CCC(N)C(=O)NCC(=O)NCC(C)C. The molecular formula is C11H21N3O2. The van der Waals surface area contributed by atoms with Gasteiger partial charge < -0.3 is 16.4 Å². The van der Waals surface area contributed by atoms with Crippen molar-refractivity contribution >= 4 is 11.8 Å². The van der Waals surface area contributed by atoms with Gasteiger partial charge in [-0.1, -0.05) is 19.9 Å². The standard InChI is InChI=1S/C11H21N3O2/c1-4-5-9(12)11(16)14-7-10(15)13-6-8(2)3/h4,8-9H,1,5-7,12H2,2-3H3,(H,13,15)(H,14,16). The first-order valence-electron chi connectivity index (χ1n) is 5.38. The van der Waals surface area contributed by atoms with Crippen molar-refractivity contribution in [2.75, 3.05) is 13.1 Å². The van der Waals surface area contributed by atoms with Crippen molar-refractivity contribution in [1.82, 2.24) is 10.6 Å². The number of nitrogens with one attached hydrogen (secondary N) is 2. The molecule has 2 amide bonds. The minimum Gasteiger partial charge on any atom is -0.354 e. The minimum atomic E-state index is -0.629. The molecular weight excluding hydrogens is 206 g/mol. The zero-order valence-corrected chi connectivity index (χ0v) is 9.95. The van der Waals surface area contributed by atoms with Gasteiger partial charge in [-0.15, -0.1) is 6.58 Å². The van der Waals surface area contributed by atoms with Crippen LogP contribution in [-0.4, -0.2) is 30.9 Å². The van der Waals surface area contributed by atoms with E-state index in [1.54, 1.807) is 6.08 Å². The van der Waals surface area contributed by atoms with Crippen LogP contribution < -0.4 is 16.4 Å². The zero-order chi connectivity index (χ0) is 12.6. The molecule has 5 heteroatoms. The zero-order valence-electron chi connectivity index (χ0n) is 9.95. The lowest BCUT2D eigenvalue weighted by atomic mass is 10.2. The van der Waals surface area contributed by atoms with Crippen LogP contribution in [-0.2, 0) is 9.59 Å². The molecule has 0 saturated carbocycles. The van der Waals surface area contributed by atoms with E-state index in [9.17, 15) is 9.59 Å². The lowest BCUT2D eigenvalue weighted by molar-refractivity contribution is -0.126. The van der Waals surface area contributed by atoms with Crippen molar-refractivity contribution in [3.05, 3.63) is 12.7 Å². The number of carbonyl (C=O) groups excluding carboxylic acids is 2. The van der Waals surface area contributed by atoms with Gasteiger partial charge in [-0.05, 0) is 12.3 Å². The maximum atomic E-state index is 11.3. The van der Waals surface area contributed by atoms with Crippen LogP contribution in [0.2, 0.25) is 0 Å². The first-order valence-corrected chi connectivity index (χ1v) is 5.38. The van der Waals surface area contributed by atoms with E-state index < -0.39 is 6.04 Å². The summed E-state index contributed by atoms with van der Waals surface area (Å²) >= 11 is 0. The minimum absolute atomic E-state index is 0.0314. The molecule has 0 aliphatic heterocycles. The van der Waals surface area contributed by atoms with Crippen molar-refractivity contribution in [2.45, 2.75) is 26.3 Å². The molecule has 5 nitrogen and oxygen atoms in total. The van der Waals surface area contributed by atoms with E-state index in [2.05, 4.69) is 17.2 Å². The summed E-state index contributed by atoms with van der Waals surface area (Å²) in [5.74, 6) is -0.143. The Morgan fingerprint density at radius 3 is 2.50 bits per heavy atom. The molecule has 0 rings (SSSR count). The van der Waals surface area contributed by atoms with E-state index in [1.807, 2.05) is 13.8 Å². The van der Waals surface area contributed by atoms with Crippen LogP contribution in [0.3, 0.4) is 0 Å². The third-order valence-electron chi connectivity index (χ3n) is 1.89. The van der Waals surface area contributed by atoms with Gasteiger partial charge in [-0.2, -0.15) is 0 Å². The molecule has 0 spiro atoms. The van der Waals surface area contributed by atoms with Crippen LogP contribution in [0.5, 0.6) is 0 Å². The van der Waals surface area contributed by atoms with E-state index in [4.69, 9.17) is 5.73 Å². The first-order chi connectivity index (χ1) is 7.47. The summed E-state index contributed by atoms with van der Waals surface area (Å²) in [6.45, 7) is 8.06. The Bertz CT molecular complexity index is 252. The Balaban J connectivity index is 3.74. The topological polar surface area (TPSA) is 84.2 Å². The highest BCUT2D eigenvalue weighted by Crippen LogP contribution is 1.88. The molecule has 0 aromatic rings. The maximum Gasteiger partial charge on any atom is 0.239 e. The Morgan fingerprint density at radius 2 is 2.00 bits per heavy atom. The fraction of sp³-hybridized carbons (Fsp3) is 0.636. The summed E-state index contributed by atoms with van der Waals surface area (Å²) in [6, 6.07) is -0.629. The summed E-state index contributed by atoms with van der Waals surface area (Å²) in [6.07, 6.45) is 1.97. The summed E-state index contributed by atoms with van der Waals surface area (Å²) in [5.41, 5.74) is 5.52. The predicted octanol–water partition coefficient (Wildman–Crippen LogP) is -0.222. The molecule has 4 N–H and O–H groups in total. The van der Waals surface area contributed by atoms with Gasteiger partial charge in [0.05, 0.1) is 12.6 Å². The highest BCUT2D eigenvalue weighted by molar-refractivity contribution is 5.87. The number of hydrogen-bond acceptors (Lipinski definition) is 3. The monoisotopic (exact) mass is 227 g/mol. The van der Waals surface area contributed by atoms with Crippen molar-refractivity contribution < 1.29 is 9.59 Å². The lowest BCUT2D eigenvalue weighted by Crippen LogP contribution is -2.45. The molecule has 0 radical (unpaired) electrons. The summed E-state index contributed by atoms with van der Waals surface area (Å²) in [7, 11) is 0. The van der Waals surface area contributed by atoms with Crippen molar-refractivity contribution in [3.63, 3.8) is 0 Å². The molecule has 0 aliphatic carbocycles. The molecule has 1 atom stereocenters. The first kappa shape index (κ1) is 14.6. The smallest absolute Gasteiger partial charge is 0.239 e. The Morgan fingerprint density at radius 1 is 1.38 bits per heavy atom. The fourth-order valence-electron chi connectivity index (χ4n) is 0.966. The predicted molar refractivity (Wildman–Crippen MR) is 63.6 cm³/mol. The molecule has 0 bridgehead atoms. The van der Waals surface area contributed by atoms with E-state index in [0.29, 0.717) is 18.9 Å². The molecule has 0 saturated heterocycles. The second kappa shape index (κ2) is 7.87. The third-order valence-corrected chi connectivity index (χ3v) is 1.89. The fourth-order valence-corrected chi connectivity index (χ4v) is 0.966. The highest BCUT2D eigenvalue weighted by Gasteiger charge is 2.12. The number of nitrogens with two attached hydrogens (primary N) is 1. The van der Waals surface area contributed by atoms with Crippen LogP contribution in [0.15, 0.2) is 12.7 Å². The van der Waals surface area contributed by atoms with Crippen LogP contribution in [0, 0.1) is 5.92 Å². The van der Waals surface area contributed by atoms with E-state index >= 15 is 0 Å². The average molecular weight is 227 g/mol. The molecule has 92 valence electrons. The quantitative estimate of drug-likeness (QED) is 0.526. The number of amides is 2. The molecule has 0 aliphatic rings. The second-order valence-corrected chi connectivity index (χ2v) is 4.05. The van der Waals surface area contributed by atoms with E-state index in [-0.39, 0.29) is 18.4 Å². The number of rotatable bonds is 7. The van der Waals surface area contributed by atoms with Crippen LogP contribution in [0.25, 0.3) is 0 Å². The third kappa shape index (κ3) is 7.00. The van der Waals surface area contributed by atoms with Gasteiger partial charge in [0.2, 0.25) is 11.8 Å². The number of hydrogen-bond donors (Lipinski definition) is 3. The Hall–Kier alpha value is -1.36. The molecule has 0 aromatic carbocycles. The largest absolute Gasteiger partial charge is 0.354 e. The maximum absolute atomic E-state index is 11.3. The summed E-state index contributed by atoms with van der Waals surface area (Å²) in [4.78, 5) is 22.6. The van der Waals surface area contributed by atoms with E-state index in [0.717, 1.165) is 0 Å². The van der Waals surface area contributed by atoms with Crippen molar-refractivity contribution in [1.29, 1.82) is 0 Å². The number of carbonyl (C=O) groups is 2.